The lowest BCUT2D eigenvalue weighted by molar-refractivity contribution is 0.145. The summed E-state index contributed by atoms with van der Waals surface area (Å²) in [6.45, 7) is 0.0383. The van der Waals surface area contributed by atoms with E-state index in [9.17, 15) is 8.78 Å². The van der Waals surface area contributed by atoms with Crippen LogP contribution in [0.3, 0.4) is 0 Å². The van der Waals surface area contributed by atoms with E-state index in [-0.39, 0.29) is 6.54 Å². The van der Waals surface area contributed by atoms with Crippen molar-refractivity contribution in [2.75, 3.05) is 6.54 Å². The Morgan fingerprint density at radius 1 is 1.64 bits per heavy atom. The van der Waals surface area contributed by atoms with E-state index in [1.165, 1.54) is 0 Å². The number of aromatic nitrogens is 1. The molecule has 1 aromatic heterocycles. The molecule has 0 unspecified atom stereocenters. The van der Waals surface area contributed by atoms with Gasteiger partial charge in [-0.3, -0.25) is 0 Å². The Kier molecular flexibility index (Phi) is 3.60. The van der Waals surface area contributed by atoms with Gasteiger partial charge in [-0.1, -0.05) is 0 Å². The average Bonchev–Trinajstić information content (AvgIpc) is 2.45. The number of hydrogen-bond acceptors (Lipinski definition) is 2. The van der Waals surface area contributed by atoms with Crippen LogP contribution in [0.5, 0.6) is 0 Å². The maximum absolute atomic E-state index is 11.8. The van der Waals surface area contributed by atoms with E-state index in [1.54, 1.807) is 23.9 Å². The van der Waals surface area contributed by atoms with Gasteiger partial charge < -0.3 is 9.88 Å². The van der Waals surface area contributed by atoms with Crippen molar-refractivity contribution in [1.29, 1.82) is 5.26 Å². The molecule has 0 aromatic carbocycles. The van der Waals surface area contributed by atoms with Crippen LogP contribution in [-0.2, 0) is 13.6 Å². The van der Waals surface area contributed by atoms with Gasteiger partial charge >= 0.3 is 0 Å². The number of nitriles is 1. The highest BCUT2D eigenvalue weighted by atomic mass is 19.3. The second kappa shape index (κ2) is 4.72. The molecule has 0 fully saturated rings. The molecule has 0 spiro atoms. The van der Waals surface area contributed by atoms with E-state index in [0.717, 1.165) is 5.56 Å². The molecule has 0 aliphatic heterocycles. The average molecular weight is 199 g/mol. The predicted octanol–water partition coefficient (Wildman–Crippen LogP) is 1.25. The van der Waals surface area contributed by atoms with Crippen LogP contribution in [0.2, 0.25) is 0 Å². The topological polar surface area (TPSA) is 40.8 Å². The summed E-state index contributed by atoms with van der Waals surface area (Å²) in [6, 6.07) is 3.68. The molecule has 0 bridgehead atoms. The van der Waals surface area contributed by atoms with Crippen molar-refractivity contribution >= 4 is 0 Å². The van der Waals surface area contributed by atoms with Crippen LogP contribution in [-0.4, -0.2) is 17.5 Å². The minimum absolute atomic E-state index is 0.323. The number of hydrogen-bond donors (Lipinski definition) is 1. The molecule has 1 rings (SSSR count). The van der Waals surface area contributed by atoms with Crippen molar-refractivity contribution in [2.45, 2.75) is 13.0 Å². The highest BCUT2D eigenvalue weighted by Crippen LogP contribution is 2.05. The highest BCUT2D eigenvalue weighted by molar-refractivity contribution is 5.28. The number of alkyl halides is 2. The summed E-state index contributed by atoms with van der Waals surface area (Å²) >= 11 is 0. The van der Waals surface area contributed by atoms with Gasteiger partial charge in [-0.25, -0.2) is 8.78 Å². The summed E-state index contributed by atoms with van der Waals surface area (Å²) in [5.41, 5.74) is 1.36. The van der Waals surface area contributed by atoms with E-state index in [1.807, 2.05) is 6.07 Å². The minimum atomic E-state index is -2.34. The monoisotopic (exact) mass is 199 g/mol. The van der Waals surface area contributed by atoms with Crippen LogP contribution in [0.4, 0.5) is 8.78 Å². The molecule has 0 radical (unpaired) electrons. The van der Waals surface area contributed by atoms with Crippen molar-refractivity contribution in [2.24, 2.45) is 7.05 Å². The largest absolute Gasteiger partial charge is 0.342 e. The van der Waals surface area contributed by atoms with Gasteiger partial charge in [0.1, 0.15) is 11.8 Å². The molecule has 1 heterocycles. The summed E-state index contributed by atoms with van der Waals surface area (Å²) < 4.78 is 25.2. The molecule has 14 heavy (non-hydrogen) atoms. The van der Waals surface area contributed by atoms with Crippen LogP contribution in [0, 0.1) is 11.3 Å². The molecule has 0 atom stereocenters. The van der Waals surface area contributed by atoms with Crippen LogP contribution < -0.4 is 5.32 Å². The lowest BCUT2D eigenvalue weighted by Gasteiger charge is -2.00. The van der Waals surface area contributed by atoms with Gasteiger partial charge in [0.05, 0.1) is 6.54 Å². The lowest BCUT2D eigenvalue weighted by atomic mass is 10.3. The summed E-state index contributed by atoms with van der Waals surface area (Å²) in [7, 11) is 1.75. The molecule has 1 aromatic rings. The Balaban J connectivity index is 2.48. The second-order valence-electron chi connectivity index (χ2n) is 2.98. The standard InChI is InChI=1S/C9H11F2N3/c1-14-6-7(2-8(14)3-12)4-13-5-9(10)11/h2,6,9,13H,4-5H2,1H3. The first-order valence-electron chi connectivity index (χ1n) is 4.17. The maximum Gasteiger partial charge on any atom is 0.250 e. The molecule has 0 amide bonds. The third kappa shape index (κ3) is 2.82. The van der Waals surface area contributed by atoms with E-state index in [2.05, 4.69) is 5.32 Å². The summed E-state index contributed by atoms with van der Waals surface area (Å²) in [4.78, 5) is 0. The Morgan fingerprint density at radius 2 is 2.36 bits per heavy atom. The summed E-state index contributed by atoms with van der Waals surface area (Å²) in [5.74, 6) is 0. The van der Waals surface area contributed by atoms with Crippen molar-refractivity contribution in [3.05, 3.63) is 23.5 Å². The van der Waals surface area contributed by atoms with Gasteiger partial charge in [0.25, 0.3) is 6.43 Å². The minimum Gasteiger partial charge on any atom is -0.342 e. The quantitative estimate of drug-likeness (QED) is 0.792. The molecule has 0 aliphatic carbocycles. The molecule has 0 aliphatic rings. The zero-order valence-corrected chi connectivity index (χ0v) is 7.80. The van der Waals surface area contributed by atoms with E-state index in [0.29, 0.717) is 12.2 Å². The van der Waals surface area contributed by atoms with Crippen LogP contribution in [0.25, 0.3) is 0 Å². The summed E-state index contributed by atoms with van der Waals surface area (Å²) in [5, 5.41) is 11.2. The van der Waals surface area contributed by atoms with Crippen LogP contribution in [0.15, 0.2) is 12.3 Å². The molecular weight excluding hydrogens is 188 g/mol. The number of aryl methyl sites for hydroxylation is 1. The van der Waals surface area contributed by atoms with Gasteiger partial charge in [-0.05, 0) is 11.6 Å². The summed E-state index contributed by atoms with van der Waals surface area (Å²) in [6.07, 6.45) is -0.592. The van der Waals surface area contributed by atoms with E-state index >= 15 is 0 Å². The van der Waals surface area contributed by atoms with Gasteiger partial charge in [-0.15, -0.1) is 0 Å². The maximum atomic E-state index is 11.8. The normalized spacial score (nSPS) is 10.5. The SMILES string of the molecule is Cn1cc(CNCC(F)F)cc1C#N. The molecular formula is C9H11F2N3. The molecule has 5 heteroatoms. The van der Waals surface area contributed by atoms with E-state index < -0.39 is 6.43 Å². The smallest absolute Gasteiger partial charge is 0.250 e. The predicted molar refractivity (Wildman–Crippen MR) is 47.8 cm³/mol. The van der Waals surface area contributed by atoms with Gasteiger partial charge in [-0.2, -0.15) is 5.26 Å². The first-order chi connectivity index (χ1) is 6.63. The van der Waals surface area contributed by atoms with Gasteiger partial charge in [0.15, 0.2) is 0 Å². The zero-order chi connectivity index (χ0) is 10.6. The van der Waals surface area contributed by atoms with Crippen molar-refractivity contribution in [3.63, 3.8) is 0 Å². The fraction of sp³-hybridized carbons (Fsp3) is 0.444. The van der Waals surface area contributed by atoms with Gasteiger partial charge in [0, 0.05) is 19.8 Å². The molecule has 0 saturated heterocycles. The lowest BCUT2D eigenvalue weighted by Crippen LogP contribution is -2.20. The fourth-order valence-electron chi connectivity index (χ4n) is 1.17. The van der Waals surface area contributed by atoms with Crippen molar-refractivity contribution in [1.82, 2.24) is 9.88 Å². The molecule has 76 valence electrons. The Bertz CT molecular complexity index is 338. The van der Waals surface area contributed by atoms with E-state index in [4.69, 9.17) is 5.26 Å². The first kappa shape index (κ1) is 10.7. The Hall–Kier alpha value is -1.41. The molecule has 0 saturated carbocycles. The second-order valence-corrected chi connectivity index (χ2v) is 2.98. The third-order valence-corrected chi connectivity index (χ3v) is 1.80. The Morgan fingerprint density at radius 3 is 2.86 bits per heavy atom. The number of halogens is 2. The number of nitrogens with zero attached hydrogens (tertiary/aromatic N) is 2. The van der Waals surface area contributed by atoms with Crippen molar-refractivity contribution in [3.8, 4) is 6.07 Å². The Labute approximate surface area is 80.9 Å². The van der Waals surface area contributed by atoms with Gasteiger partial charge in [0.2, 0.25) is 0 Å². The fourth-order valence-corrected chi connectivity index (χ4v) is 1.17. The zero-order valence-electron chi connectivity index (χ0n) is 7.80. The third-order valence-electron chi connectivity index (χ3n) is 1.80. The first-order valence-corrected chi connectivity index (χ1v) is 4.17. The number of nitrogens with one attached hydrogen (secondary N) is 1. The highest BCUT2D eigenvalue weighted by Gasteiger charge is 2.04. The van der Waals surface area contributed by atoms with Crippen molar-refractivity contribution < 1.29 is 8.78 Å². The number of rotatable bonds is 4. The van der Waals surface area contributed by atoms with Crippen LogP contribution in [0.1, 0.15) is 11.3 Å². The van der Waals surface area contributed by atoms with Crippen LogP contribution >= 0.6 is 0 Å². The molecule has 1 N–H and O–H groups in total. The molecule has 3 nitrogen and oxygen atoms in total.